The fraction of sp³-hybridized carbons (Fsp3) is 0.385. The van der Waals surface area contributed by atoms with E-state index in [9.17, 15) is 4.79 Å². The number of benzene rings is 2. The van der Waals surface area contributed by atoms with Gasteiger partial charge in [0, 0.05) is 17.7 Å². The van der Waals surface area contributed by atoms with E-state index in [0.717, 1.165) is 29.0 Å². The number of nitrogens with one attached hydrogen (secondary N) is 1. The number of ketones is 1. The van der Waals surface area contributed by atoms with Crippen LogP contribution in [0, 0.1) is 5.41 Å². The number of Topliss-reactive ketones (excluding diaryl/α,β-unsaturated/α-hetero) is 1. The number of aromatic nitrogens is 4. The normalized spacial score (nSPS) is 21.3. The number of hydrogen-bond donors (Lipinski definition) is 1. The minimum absolute atomic E-state index is 0.0858. The Balaban J connectivity index is 1.27. The molecule has 1 saturated carbocycles. The van der Waals surface area contributed by atoms with Crippen LogP contribution in [0.3, 0.4) is 0 Å². The zero-order chi connectivity index (χ0) is 22.6. The van der Waals surface area contributed by atoms with E-state index in [2.05, 4.69) is 59.0 Å². The summed E-state index contributed by atoms with van der Waals surface area (Å²) < 4.78 is 7.83. The Morgan fingerprint density at radius 2 is 1.88 bits per heavy atom. The van der Waals surface area contributed by atoms with E-state index in [4.69, 9.17) is 4.74 Å². The summed E-state index contributed by atoms with van der Waals surface area (Å²) in [6, 6.07) is 16.2. The highest BCUT2D eigenvalue weighted by Crippen LogP contribution is 2.45. The lowest BCUT2D eigenvalue weighted by molar-refractivity contribution is -0.118. The third kappa shape index (κ3) is 3.71. The molecule has 0 radical (unpaired) electrons. The van der Waals surface area contributed by atoms with Crippen molar-refractivity contribution in [1.82, 2.24) is 20.2 Å². The molecular formula is C26H27N5O2. The molecule has 1 aliphatic heterocycles. The van der Waals surface area contributed by atoms with Crippen molar-refractivity contribution in [2.45, 2.75) is 58.1 Å². The number of anilines is 1. The van der Waals surface area contributed by atoms with E-state index < -0.39 is 0 Å². The number of fused-ring (bicyclic) bond motifs is 1. The summed E-state index contributed by atoms with van der Waals surface area (Å²) in [7, 11) is 0. The predicted octanol–water partition coefficient (Wildman–Crippen LogP) is 4.79. The minimum atomic E-state index is -0.334. The molecule has 2 aromatic carbocycles. The monoisotopic (exact) mass is 441 g/mol. The summed E-state index contributed by atoms with van der Waals surface area (Å²) in [5.74, 6) is 2.22. The van der Waals surface area contributed by atoms with Gasteiger partial charge in [-0.3, -0.25) is 4.79 Å². The lowest BCUT2D eigenvalue weighted by atomic mass is 9.73. The van der Waals surface area contributed by atoms with E-state index >= 15 is 0 Å². The van der Waals surface area contributed by atoms with Gasteiger partial charge in [-0.1, -0.05) is 55.3 Å². The standard InChI is InChI=1S/C26H27N5O2/c1-26(2)13-21-23(22(32)14-26)24(31-25(27-21)28-29-30-31)17-9-11-19(12-10-17)33-15-18-5-3-4-6-20(18)16-7-8-16/h3-6,9-12,16,24H,7-8,13-15H2,1-2H3,(H,27,28,30)/t24-/m1/s1. The average molecular weight is 442 g/mol. The fourth-order valence-electron chi connectivity index (χ4n) is 5.14. The van der Waals surface area contributed by atoms with Crippen LogP contribution in [0.25, 0.3) is 0 Å². The van der Waals surface area contributed by atoms with Crippen molar-refractivity contribution in [1.29, 1.82) is 0 Å². The lowest BCUT2D eigenvalue weighted by Gasteiger charge is -2.37. The van der Waals surface area contributed by atoms with Gasteiger partial charge in [0.1, 0.15) is 18.4 Å². The highest BCUT2D eigenvalue weighted by molar-refractivity contribution is 6.00. The Bertz CT molecular complexity index is 1250. The van der Waals surface area contributed by atoms with Crippen LogP contribution in [0.1, 0.15) is 68.2 Å². The molecule has 168 valence electrons. The molecule has 0 unspecified atom stereocenters. The zero-order valence-electron chi connectivity index (χ0n) is 18.9. The molecule has 1 N–H and O–H groups in total. The van der Waals surface area contributed by atoms with Crippen LogP contribution < -0.4 is 10.1 Å². The molecule has 1 fully saturated rings. The van der Waals surface area contributed by atoms with E-state index in [-0.39, 0.29) is 17.2 Å². The largest absolute Gasteiger partial charge is 0.489 e. The zero-order valence-corrected chi connectivity index (χ0v) is 18.9. The highest BCUT2D eigenvalue weighted by atomic mass is 16.5. The van der Waals surface area contributed by atoms with Gasteiger partial charge >= 0.3 is 0 Å². The Morgan fingerprint density at radius 1 is 1.09 bits per heavy atom. The topological polar surface area (TPSA) is 81.9 Å². The summed E-state index contributed by atoms with van der Waals surface area (Å²) in [6.45, 7) is 4.80. The maximum atomic E-state index is 13.2. The van der Waals surface area contributed by atoms with Crippen LogP contribution >= 0.6 is 0 Å². The number of allylic oxidation sites excluding steroid dienone is 2. The van der Waals surface area contributed by atoms with Gasteiger partial charge < -0.3 is 10.1 Å². The van der Waals surface area contributed by atoms with Gasteiger partial charge in [0.05, 0.1) is 0 Å². The van der Waals surface area contributed by atoms with Crippen LogP contribution in [0.5, 0.6) is 5.75 Å². The Hall–Kier alpha value is -3.48. The SMILES string of the molecule is CC1(C)CC(=O)C2=C(C1)Nc1nnnn1[C@@H]2c1ccc(OCc2ccccc2C2CC2)cc1. The van der Waals surface area contributed by atoms with Crippen molar-refractivity contribution in [2.24, 2.45) is 5.41 Å². The number of rotatable bonds is 5. The third-order valence-electron chi connectivity index (χ3n) is 6.86. The molecule has 3 aromatic rings. The van der Waals surface area contributed by atoms with E-state index in [1.165, 1.54) is 24.0 Å². The molecule has 33 heavy (non-hydrogen) atoms. The molecule has 0 bridgehead atoms. The maximum Gasteiger partial charge on any atom is 0.248 e. The second-order valence-corrected chi connectivity index (χ2v) is 10.1. The van der Waals surface area contributed by atoms with Gasteiger partial charge in [0.2, 0.25) is 5.95 Å². The quantitative estimate of drug-likeness (QED) is 0.613. The van der Waals surface area contributed by atoms with Gasteiger partial charge in [-0.25, -0.2) is 0 Å². The number of carbonyl (C=O) groups excluding carboxylic acids is 1. The van der Waals surface area contributed by atoms with Gasteiger partial charge in [-0.2, -0.15) is 4.68 Å². The van der Waals surface area contributed by atoms with Crippen molar-refractivity contribution in [3.63, 3.8) is 0 Å². The number of ether oxygens (including phenoxy) is 1. The first-order valence-corrected chi connectivity index (χ1v) is 11.6. The first kappa shape index (κ1) is 20.1. The Labute approximate surface area is 192 Å². The first-order valence-electron chi connectivity index (χ1n) is 11.6. The summed E-state index contributed by atoms with van der Waals surface area (Å²) >= 11 is 0. The first-order chi connectivity index (χ1) is 16.0. The molecule has 2 aliphatic carbocycles. The Kier molecular flexibility index (Phi) is 4.60. The summed E-state index contributed by atoms with van der Waals surface area (Å²) in [5, 5.41) is 15.4. The molecule has 0 saturated heterocycles. The van der Waals surface area contributed by atoms with Crippen LogP contribution in [0.15, 0.2) is 59.8 Å². The second-order valence-electron chi connectivity index (χ2n) is 10.1. The molecule has 1 atom stereocenters. The number of nitrogens with zero attached hydrogens (tertiary/aromatic N) is 4. The summed E-state index contributed by atoms with van der Waals surface area (Å²) in [6.07, 6.45) is 3.85. The molecule has 7 heteroatoms. The lowest BCUT2D eigenvalue weighted by Crippen LogP contribution is -2.36. The van der Waals surface area contributed by atoms with E-state index in [1.807, 2.05) is 24.3 Å². The summed E-state index contributed by atoms with van der Waals surface area (Å²) in [5.41, 5.74) is 5.25. The fourth-order valence-corrected chi connectivity index (χ4v) is 5.14. The van der Waals surface area contributed by atoms with Gasteiger partial charge in [-0.15, -0.1) is 0 Å². The second kappa shape index (κ2) is 7.54. The van der Waals surface area contributed by atoms with E-state index in [1.54, 1.807) is 4.68 Å². The van der Waals surface area contributed by atoms with Crippen LogP contribution in [0.4, 0.5) is 5.95 Å². The molecule has 2 heterocycles. The highest BCUT2D eigenvalue weighted by Gasteiger charge is 2.41. The number of carbonyl (C=O) groups is 1. The van der Waals surface area contributed by atoms with Crippen molar-refractivity contribution in [3.05, 3.63) is 76.5 Å². The molecular weight excluding hydrogens is 414 g/mol. The summed E-state index contributed by atoms with van der Waals surface area (Å²) in [4.78, 5) is 13.2. The van der Waals surface area contributed by atoms with Crippen LogP contribution in [-0.2, 0) is 11.4 Å². The molecule has 7 nitrogen and oxygen atoms in total. The molecule has 6 rings (SSSR count). The predicted molar refractivity (Wildman–Crippen MR) is 124 cm³/mol. The van der Waals surface area contributed by atoms with Crippen molar-refractivity contribution in [3.8, 4) is 5.75 Å². The Morgan fingerprint density at radius 3 is 2.67 bits per heavy atom. The smallest absolute Gasteiger partial charge is 0.248 e. The van der Waals surface area contributed by atoms with Crippen molar-refractivity contribution >= 4 is 11.7 Å². The maximum absolute atomic E-state index is 13.2. The number of hydrogen-bond acceptors (Lipinski definition) is 6. The average Bonchev–Trinajstić information content (AvgIpc) is 3.53. The van der Waals surface area contributed by atoms with Crippen LogP contribution in [0.2, 0.25) is 0 Å². The van der Waals surface area contributed by atoms with Crippen LogP contribution in [-0.4, -0.2) is 26.0 Å². The third-order valence-corrected chi connectivity index (χ3v) is 6.86. The van der Waals surface area contributed by atoms with Gasteiger partial charge in [0.15, 0.2) is 5.78 Å². The van der Waals surface area contributed by atoms with Crippen molar-refractivity contribution < 1.29 is 9.53 Å². The van der Waals surface area contributed by atoms with E-state index in [0.29, 0.717) is 24.9 Å². The molecule has 0 spiro atoms. The number of tetrazole rings is 1. The molecule has 0 amide bonds. The van der Waals surface area contributed by atoms with Gasteiger partial charge in [-0.05, 0) is 69.8 Å². The minimum Gasteiger partial charge on any atom is -0.489 e. The molecule has 1 aromatic heterocycles. The van der Waals surface area contributed by atoms with Gasteiger partial charge in [0.25, 0.3) is 0 Å². The molecule has 3 aliphatic rings. The van der Waals surface area contributed by atoms with Crippen molar-refractivity contribution in [2.75, 3.05) is 5.32 Å².